The number of halogens is 3. The number of benzene rings is 2. The van der Waals surface area contributed by atoms with E-state index < -0.39 is 29.1 Å². The Kier molecular flexibility index (Phi) is 7.57. The molecule has 2 aromatic rings. The number of carbonyl (C=O) groups excluding carboxylic acids is 2. The zero-order chi connectivity index (χ0) is 24.0. The van der Waals surface area contributed by atoms with Crippen LogP contribution in [0, 0.1) is 5.41 Å². The van der Waals surface area contributed by atoms with E-state index in [4.69, 9.17) is 15.9 Å². The molecule has 0 atom stereocenters. The number of rotatable bonds is 9. The van der Waals surface area contributed by atoms with Crippen molar-refractivity contribution in [3.63, 3.8) is 0 Å². The Labute approximate surface area is 189 Å². The fraction of sp³-hybridized carbons (Fsp3) is 0.348. The molecule has 0 aromatic heterocycles. The van der Waals surface area contributed by atoms with Crippen LogP contribution in [0.5, 0.6) is 5.75 Å². The van der Waals surface area contributed by atoms with Gasteiger partial charge in [-0.05, 0) is 37.1 Å². The van der Waals surface area contributed by atoms with E-state index in [9.17, 15) is 22.9 Å². The molecule has 1 aliphatic rings. The second-order valence-corrected chi connectivity index (χ2v) is 7.69. The number of hydrogen-bond acceptors (Lipinski definition) is 4. The lowest BCUT2D eigenvalue weighted by molar-refractivity contribution is -0.175. The van der Waals surface area contributed by atoms with Crippen LogP contribution in [-0.2, 0) is 10.7 Å². The van der Waals surface area contributed by atoms with Crippen LogP contribution >= 0.6 is 0 Å². The second-order valence-electron chi connectivity index (χ2n) is 7.69. The van der Waals surface area contributed by atoms with Crippen LogP contribution in [-0.4, -0.2) is 53.9 Å². The number of carbonyl (C=O) groups is 2. The van der Waals surface area contributed by atoms with Crippen LogP contribution in [0.1, 0.15) is 40.7 Å². The minimum atomic E-state index is -4.08. The Morgan fingerprint density at radius 2 is 1.76 bits per heavy atom. The van der Waals surface area contributed by atoms with Crippen molar-refractivity contribution in [1.29, 1.82) is 5.41 Å². The first-order valence-corrected chi connectivity index (χ1v) is 10.5. The third-order valence-electron chi connectivity index (χ3n) is 5.29. The smallest absolute Gasteiger partial charge is 0.352 e. The van der Waals surface area contributed by atoms with Crippen molar-refractivity contribution in [2.24, 2.45) is 5.73 Å². The Morgan fingerprint density at radius 3 is 2.39 bits per heavy atom. The maximum Gasteiger partial charge on any atom is 0.352 e. The number of nitrogen functional groups attached to an aromatic ring is 1. The van der Waals surface area contributed by atoms with Crippen molar-refractivity contribution < 1.29 is 27.6 Å². The highest BCUT2D eigenvalue weighted by Crippen LogP contribution is 2.31. The Morgan fingerprint density at radius 1 is 1.09 bits per heavy atom. The molecular formula is C23H25F3N4O3. The third kappa shape index (κ3) is 5.82. The summed E-state index contributed by atoms with van der Waals surface area (Å²) in [7, 11) is 0. The predicted octanol–water partition coefficient (Wildman–Crippen LogP) is 3.48. The number of hydrogen-bond donors (Lipinski definition) is 2. The predicted molar refractivity (Wildman–Crippen MR) is 116 cm³/mol. The third-order valence-corrected chi connectivity index (χ3v) is 5.29. The summed E-state index contributed by atoms with van der Waals surface area (Å²) in [6.07, 6.45) is 1.77. The minimum absolute atomic E-state index is 0.0338. The van der Waals surface area contributed by atoms with E-state index in [1.807, 2.05) is 0 Å². The maximum absolute atomic E-state index is 14.5. The molecule has 2 amide bonds. The highest BCUT2D eigenvalue weighted by atomic mass is 19.3. The van der Waals surface area contributed by atoms with Crippen LogP contribution in [0.25, 0.3) is 0 Å². The Hall–Kier alpha value is -3.56. The van der Waals surface area contributed by atoms with E-state index in [0.717, 1.165) is 25.0 Å². The van der Waals surface area contributed by atoms with Crippen molar-refractivity contribution >= 4 is 17.6 Å². The van der Waals surface area contributed by atoms with E-state index >= 15 is 0 Å². The van der Waals surface area contributed by atoms with Gasteiger partial charge in [-0.15, -0.1) is 0 Å². The van der Waals surface area contributed by atoms with Crippen molar-refractivity contribution in [2.45, 2.75) is 25.2 Å². The highest BCUT2D eigenvalue weighted by molar-refractivity contribution is 5.95. The number of amides is 2. The van der Waals surface area contributed by atoms with Gasteiger partial charge in [-0.3, -0.25) is 15.0 Å². The first-order chi connectivity index (χ1) is 15.7. The average Bonchev–Trinajstić information content (AvgIpc) is 3.36. The first-order valence-electron chi connectivity index (χ1n) is 10.5. The van der Waals surface area contributed by atoms with E-state index in [1.165, 1.54) is 18.2 Å². The van der Waals surface area contributed by atoms with Gasteiger partial charge in [0.15, 0.2) is 0 Å². The Balaban J connectivity index is 1.52. The largest absolute Gasteiger partial charge is 0.494 e. The van der Waals surface area contributed by atoms with Gasteiger partial charge >= 0.3 is 11.8 Å². The molecule has 0 radical (unpaired) electrons. The maximum atomic E-state index is 14.5. The molecule has 176 valence electrons. The summed E-state index contributed by atoms with van der Waals surface area (Å²) < 4.78 is 48.6. The number of alkyl halides is 2. The molecule has 1 saturated heterocycles. The molecule has 10 heteroatoms. The van der Waals surface area contributed by atoms with Crippen LogP contribution in [0.4, 0.5) is 13.3 Å². The van der Waals surface area contributed by atoms with E-state index in [-0.39, 0.29) is 30.3 Å². The van der Waals surface area contributed by atoms with Crippen molar-refractivity contribution in [3.05, 3.63) is 65.2 Å². The summed E-state index contributed by atoms with van der Waals surface area (Å²) in [4.78, 5) is 26.0. The molecule has 0 unspecified atom stereocenters. The van der Waals surface area contributed by atoms with Crippen LogP contribution < -0.4 is 10.5 Å². The molecule has 3 rings (SSSR count). The fourth-order valence-electron chi connectivity index (χ4n) is 3.45. The molecule has 1 heterocycles. The zero-order valence-corrected chi connectivity index (χ0v) is 17.9. The number of ether oxygens (including phenoxy) is 1. The van der Waals surface area contributed by atoms with Crippen LogP contribution in [0.2, 0.25) is 0 Å². The van der Waals surface area contributed by atoms with Gasteiger partial charge < -0.3 is 15.4 Å². The summed E-state index contributed by atoms with van der Waals surface area (Å²) in [5, 5.41) is 6.86. The molecule has 33 heavy (non-hydrogen) atoms. The number of nitrogens with one attached hydrogen (secondary N) is 1. The Bertz CT molecular complexity index is 1010. The fourth-order valence-corrected chi connectivity index (χ4v) is 3.45. The summed E-state index contributed by atoms with van der Waals surface area (Å²) in [5.74, 6) is -6.08. The van der Waals surface area contributed by atoms with Crippen molar-refractivity contribution in [2.75, 3.05) is 26.2 Å². The van der Waals surface area contributed by atoms with Crippen LogP contribution in [0.15, 0.2) is 48.5 Å². The molecule has 0 saturated carbocycles. The quantitative estimate of drug-likeness (QED) is 0.258. The van der Waals surface area contributed by atoms with E-state index in [0.29, 0.717) is 24.4 Å². The summed E-state index contributed by atoms with van der Waals surface area (Å²) >= 11 is 0. The minimum Gasteiger partial charge on any atom is -0.494 e. The average molecular weight is 462 g/mol. The molecule has 1 aliphatic heterocycles. The second kappa shape index (κ2) is 10.4. The standard InChI is InChI=1S/C23H25F3N4O3/c24-23(25,18-9-7-16(8-10-18)21(31)29-11-1-2-12-29)22(32)30(26)13-4-14-33-19-6-3-5-17(15-19)20(27)28/h3,5-10,15H,1-2,4,11-14H2,(H3,27,28). The summed E-state index contributed by atoms with van der Waals surface area (Å²) in [6, 6.07) is 10.8. The van der Waals surface area contributed by atoms with Crippen molar-refractivity contribution in [1.82, 2.24) is 10.0 Å². The first kappa shape index (κ1) is 24.1. The molecular weight excluding hydrogens is 437 g/mol. The van der Waals surface area contributed by atoms with Gasteiger partial charge in [-0.25, -0.2) is 0 Å². The van der Waals surface area contributed by atoms with Crippen LogP contribution in [0.3, 0.4) is 0 Å². The highest BCUT2D eigenvalue weighted by Gasteiger charge is 2.44. The number of amidine groups is 1. The topological polar surface area (TPSA) is 99.7 Å². The number of nitrogens with zero attached hydrogens (tertiary/aromatic N) is 2. The normalized spacial score (nSPS) is 13.6. The molecule has 0 bridgehead atoms. The SMILES string of the molecule is N=C(N)c1cccc(OCCCN(F)C(=O)C(F)(F)c2ccc(C(=O)N3CCCC3)cc2)c1. The number of likely N-dealkylation sites (tertiary alicyclic amines) is 1. The van der Waals surface area contributed by atoms with Gasteiger partial charge in [0.1, 0.15) is 11.6 Å². The molecule has 3 N–H and O–H groups in total. The molecule has 1 fully saturated rings. The monoisotopic (exact) mass is 462 g/mol. The zero-order valence-electron chi connectivity index (χ0n) is 17.9. The van der Waals surface area contributed by atoms with Gasteiger partial charge in [-0.1, -0.05) is 28.7 Å². The van der Waals surface area contributed by atoms with E-state index in [1.54, 1.807) is 23.1 Å². The molecule has 0 aliphatic carbocycles. The van der Waals surface area contributed by atoms with Gasteiger partial charge in [0, 0.05) is 36.2 Å². The lowest BCUT2D eigenvalue weighted by Gasteiger charge is -2.21. The molecule has 2 aromatic carbocycles. The summed E-state index contributed by atoms with van der Waals surface area (Å²) in [6.45, 7) is 0.621. The molecule has 7 nitrogen and oxygen atoms in total. The van der Waals surface area contributed by atoms with Crippen molar-refractivity contribution in [3.8, 4) is 5.75 Å². The van der Waals surface area contributed by atoms with Gasteiger partial charge in [-0.2, -0.15) is 13.9 Å². The van der Waals surface area contributed by atoms with Gasteiger partial charge in [0.2, 0.25) is 0 Å². The van der Waals surface area contributed by atoms with Gasteiger partial charge in [0.25, 0.3) is 5.91 Å². The number of nitrogens with two attached hydrogens (primary N) is 1. The van der Waals surface area contributed by atoms with E-state index in [2.05, 4.69) is 0 Å². The lowest BCUT2D eigenvalue weighted by Crippen LogP contribution is -2.38. The van der Waals surface area contributed by atoms with Gasteiger partial charge in [0.05, 0.1) is 13.2 Å². The molecule has 0 spiro atoms. The summed E-state index contributed by atoms with van der Waals surface area (Å²) in [5.41, 5.74) is 5.39. The lowest BCUT2D eigenvalue weighted by atomic mass is 10.0.